The summed E-state index contributed by atoms with van der Waals surface area (Å²) in [4.78, 5) is 31.9. The van der Waals surface area contributed by atoms with Crippen LogP contribution in [-0.2, 0) is 19.4 Å². The molecule has 0 aliphatic heterocycles. The van der Waals surface area contributed by atoms with Gasteiger partial charge in [0, 0.05) is 22.4 Å². The van der Waals surface area contributed by atoms with Crippen molar-refractivity contribution < 1.29 is 9.15 Å². The molecule has 5 aromatic rings. The summed E-state index contributed by atoms with van der Waals surface area (Å²) in [5, 5.41) is 1.60. The van der Waals surface area contributed by atoms with E-state index in [4.69, 9.17) is 14.1 Å². The number of hydrogen-bond acceptors (Lipinski definition) is 6. The molecule has 6 nitrogen and oxygen atoms in total. The summed E-state index contributed by atoms with van der Waals surface area (Å²) in [6, 6.07) is 19.1. The maximum atomic E-state index is 13.5. The molecular weight excluding hydrogens is 460 g/mol. The van der Waals surface area contributed by atoms with E-state index in [1.807, 2.05) is 25.1 Å². The van der Waals surface area contributed by atoms with Gasteiger partial charge in [-0.2, -0.15) is 0 Å². The summed E-state index contributed by atoms with van der Waals surface area (Å²) in [5.74, 6) is 1.76. The Morgan fingerprint density at radius 2 is 1.94 bits per heavy atom. The molecule has 0 saturated heterocycles. The first-order valence-electron chi connectivity index (χ1n) is 11.8. The van der Waals surface area contributed by atoms with E-state index in [2.05, 4.69) is 24.3 Å². The van der Waals surface area contributed by atoms with Crippen LogP contribution in [0.15, 0.2) is 74.7 Å². The van der Waals surface area contributed by atoms with Crippen LogP contribution in [-0.4, -0.2) is 16.2 Å². The summed E-state index contributed by atoms with van der Waals surface area (Å²) in [6.07, 6.45) is 2.89. The minimum atomic E-state index is -0.398. The second kappa shape index (κ2) is 8.82. The average Bonchev–Trinajstić information content (AvgIpc) is 3.23. The van der Waals surface area contributed by atoms with Crippen LogP contribution in [0.3, 0.4) is 0 Å². The second-order valence-corrected chi connectivity index (χ2v) is 10.0. The summed E-state index contributed by atoms with van der Waals surface area (Å²) >= 11 is 1.67. The fourth-order valence-electron chi connectivity index (χ4n) is 5.02. The smallest absolute Gasteiger partial charge is 0.336 e. The van der Waals surface area contributed by atoms with Gasteiger partial charge < -0.3 is 9.15 Å². The van der Waals surface area contributed by atoms with Crippen molar-refractivity contribution in [3.8, 4) is 5.75 Å². The molecule has 0 N–H and O–H groups in total. The van der Waals surface area contributed by atoms with Crippen molar-refractivity contribution in [2.45, 2.75) is 38.6 Å². The first-order chi connectivity index (χ1) is 17.1. The molecule has 6 rings (SSSR count). The Kier molecular flexibility index (Phi) is 5.49. The van der Waals surface area contributed by atoms with Gasteiger partial charge in [-0.05, 0) is 61.4 Å². The van der Waals surface area contributed by atoms with Crippen molar-refractivity contribution in [3.63, 3.8) is 0 Å². The fourth-order valence-corrected chi connectivity index (χ4v) is 6.35. The van der Waals surface area contributed by atoms with E-state index in [1.54, 1.807) is 28.0 Å². The zero-order valence-electron chi connectivity index (χ0n) is 19.3. The first kappa shape index (κ1) is 21.8. The molecule has 0 saturated carbocycles. The highest BCUT2D eigenvalue weighted by Crippen LogP contribution is 2.39. The van der Waals surface area contributed by atoms with Crippen LogP contribution in [0.1, 0.15) is 34.2 Å². The van der Waals surface area contributed by atoms with Gasteiger partial charge in [0.2, 0.25) is 0 Å². The Balaban J connectivity index is 1.24. The number of fused-ring (bicyclic) bond motifs is 4. The molecule has 0 bridgehead atoms. The van der Waals surface area contributed by atoms with Crippen LogP contribution in [0.4, 0.5) is 0 Å². The van der Waals surface area contributed by atoms with Gasteiger partial charge in [-0.15, -0.1) is 11.3 Å². The molecule has 0 radical (unpaired) electrons. The summed E-state index contributed by atoms with van der Waals surface area (Å²) in [6.45, 7) is 2.57. The van der Waals surface area contributed by atoms with Crippen molar-refractivity contribution in [1.82, 2.24) is 9.55 Å². The predicted molar refractivity (Wildman–Crippen MR) is 138 cm³/mol. The van der Waals surface area contributed by atoms with Gasteiger partial charge in [-0.3, -0.25) is 9.36 Å². The van der Waals surface area contributed by atoms with Gasteiger partial charge in [0.1, 0.15) is 28.6 Å². The van der Waals surface area contributed by atoms with Crippen LogP contribution in [0, 0.1) is 6.92 Å². The van der Waals surface area contributed by atoms with Gasteiger partial charge in [-0.25, -0.2) is 9.78 Å². The largest absolute Gasteiger partial charge is 0.492 e. The molecule has 0 fully saturated rings. The first-order valence-corrected chi connectivity index (χ1v) is 12.6. The number of rotatable bonds is 5. The molecule has 3 aromatic heterocycles. The molecule has 0 amide bonds. The lowest BCUT2D eigenvalue weighted by molar-refractivity contribution is 0.294. The minimum Gasteiger partial charge on any atom is -0.492 e. The van der Waals surface area contributed by atoms with E-state index < -0.39 is 5.63 Å². The Bertz CT molecular complexity index is 1670. The van der Waals surface area contributed by atoms with Crippen molar-refractivity contribution in [1.29, 1.82) is 0 Å². The van der Waals surface area contributed by atoms with Crippen molar-refractivity contribution in [2.75, 3.05) is 6.61 Å². The third kappa shape index (κ3) is 4.06. The molecule has 1 aliphatic carbocycles. The third-order valence-electron chi connectivity index (χ3n) is 6.81. The van der Waals surface area contributed by atoms with E-state index in [0.717, 1.165) is 34.9 Å². The average molecular weight is 485 g/mol. The lowest BCUT2D eigenvalue weighted by Crippen LogP contribution is -2.27. The lowest BCUT2D eigenvalue weighted by atomic mass is 9.83. The fraction of sp³-hybridized carbons (Fsp3) is 0.250. The van der Waals surface area contributed by atoms with Crippen molar-refractivity contribution in [2.24, 2.45) is 0 Å². The van der Waals surface area contributed by atoms with Gasteiger partial charge in [0.05, 0.1) is 11.9 Å². The molecule has 3 heterocycles. The molecule has 1 aliphatic rings. The molecule has 2 aromatic carbocycles. The predicted octanol–water partition coefficient (Wildman–Crippen LogP) is 5.22. The molecule has 176 valence electrons. The minimum absolute atomic E-state index is 0.0104. The summed E-state index contributed by atoms with van der Waals surface area (Å²) in [7, 11) is 0. The second-order valence-electron chi connectivity index (χ2n) is 8.95. The number of aromatic nitrogens is 2. The third-order valence-corrected chi connectivity index (χ3v) is 7.96. The summed E-state index contributed by atoms with van der Waals surface area (Å²) in [5.41, 5.74) is 2.63. The van der Waals surface area contributed by atoms with E-state index in [0.29, 0.717) is 36.2 Å². The topological polar surface area (TPSA) is 74.3 Å². The zero-order chi connectivity index (χ0) is 23.9. The molecule has 0 spiro atoms. The Labute approximate surface area is 205 Å². The van der Waals surface area contributed by atoms with E-state index in [9.17, 15) is 9.59 Å². The van der Waals surface area contributed by atoms with Gasteiger partial charge in [0.25, 0.3) is 5.56 Å². The number of thiophene rings is 1. The quantitative estimate of drug-likeness (QED) is 0.320. The standard InChI is InChI=1S/C28H24N2O4S/c1-17-29-27-26(22-11-8-20(15-24(22)35-27)18-5-3-2-4-6-18)28(32)30(17)13-14-33-21-10-7-19-9-12-25(31)34-23(19)16-21/h2-7,9-10,12,16,20H,8,11,13-15H2,1H3. The number of nitrogens with zero attached hydrogens (tertiary/aromatic N) is 2. The normalized spacial score (nSPS) is 15.4. The van der Waals surface area contributed by atoms with Crippen LogP contribution < -0.4 is 15.9 Å². The monoisotopic (exact) mass is 484 g/mol. The Morgan fingerprint density at radius 3 is 2.80 bits per heavy atom. The van der Waals surface area contributed by atoms with Crippen LogP contribution in [0.2, 0.25) is 0 Å². The van der Waals surface area contributed by atoms with Crippen LogP contribution in [0.5, 0.6) is 5.75 Å². The highest BCUT2D eigenvalue weighted by atomic mass is 32.1. The molecule has 1 atom stereocenters. The Morgan fingerprint density at radius 1 is 1.11 bits per heavy atom. The van der Waals surface area contributed by atoms with E-state index >= 15 is 0 Å². The zero-order valence-corrected chi connectivity index (χ0v) is 20.1. The van der Waals surface area contributed by atoms with E-state index in [-0.39, 0.29) is 5.56 Å². The lowest BCUT2D eigenvalue weighted by Gasteiger charge is -2.22. The summed E-state index contributed by atoms with van der Waals surface area (Å²) < 4.78 is 12.8. The van der Waals surface area contributed by atoms with Gasteiger partial charge in [-0.1, -0.05) is 30.3 Å². The van der Waals surface area contributed by atoms with Crippen molar-refractivity contribution >= 4 is 32.5 Å². The Hall–Kier alpha value is -3.71. The van der Waals surface area contributed by atoms with Crippen LogP contribution >= 0.6 is 11.3 Å². The molecule has 1 unspecified atom stereocenters. The maximum Gasteiger partial charge on any atom is 0.336 e. The van der Waals surface area contributed by atoms with Gasteiger partial charge in [0.15, 0.2) is 0 Å². The van der Waals surface area contributed by atoms with Gasteiger partial charge >= 0.3 is 5.63 Å². The van der Waals surface area contributed by atoms with E-state index in [1.165, 1.54) is 22.1 Å². The highest BCUT2D eigenvalue weighted by molar-refractivity contribution is 7.18. The number of benzene rings is 2. The number of ether oxygens (including phenoxy) is 1. The molecule has 7 heteroatoms. The molecular formula is C28H24N2O4S. The SMILES string of the molecule is Cc1nc2sc3c(c2c(=O)n1CCOc1ccc2ccc(=O)oc2c1)CCC(c1ccccc1)C3. The van der Waals surface area contributed by atoms with Crippen LogP contribution in [0.25, 0.3) is 21.2 Å². The maximum absolute atomic E-state index is 13.5. The number of aryl methyl sites for hydroxylation is 2. The molecule has 35 heavy (non-hydrogen) atoms. The van der Waals surface area contributed by atoms with Crippen molar-refractivity contribution in [3.05, 3.63) is 103 Å². The number of hydrogen-bond donors (Lipinski definition) is 0. The highest BCUT2D eigenvalue weighted by Gasteiger charge is 2.26.